The molecule has 17 heavy (non-hydrogen) atoms. The molecule has 0 aliphatic heterocycles. The molecule has 0 aromatic carbocycles. The van der Waals surface area contributed by atoms with E-state index in [4.69, 9.17) is 4.74 Å². The van der Waals surface area contributed by atoms with Crippen LogP contribution in [-0.4, -0.2) is 32.0 Å². The van der Waals surface area contributed by atoms with Gasteiger partial charge in [-0.1, -0.05) is 6.08 Å². The lowest BCUT2D eigenvalue weighted by Gasteiger charge is -2.09. The van der Waals surface area contributed by atoms with Crippen LogP contribution in [0.15, 0.2) is 23.5 Å². The molecule has 0 fully saturated rings. The van der Waals surface area contributed by atoms with Crippen molar-refractivity contribution >= 4 is 5.97 Å². The van der Waals surface area contributed by atoms with E-state index < -0.39 is 0 Å². The molecule has 1 rings (SSSR count). The zero-order chi connectivity index (χ0) is 13.3. The van der Waals surface area contributed by atoms with Crippen molar-refractivity contribution < 1.29 is 9.53 Å². The van der Waals surface area contributed by atoms with Gasteiger partial charge in [-0.15, -0.1) is 0 Å². The Morgan fingerprint density at radius 1 is 1.29 bits per heavy atom. The second kappa shape index (κ2) is 8.99. The summed E-state index contributed by atoms with van der Waals surface area (Å²) in [5.41, 5.74) is 1.84. The molecule has 3 nitrogen and oxygen atoms in total. The van der Waals surface area contributed by atoms with E-state index in [0.717, 1.165) is 30.4 Å². The number of hydrogen-bond acceptors (Lipinski definition) is 3. The standard InChI is InChI=1S/C11H16O2.C3H9N/c1-9(2)8-13-11(12)10-6-4-3-5-7-10;1-4(2)3/h6,8H,3-5,7H2,1-2H3;1-3H3. The van der Waals surface area contributed by atoms with Gasteiger partial charge in [0.1, 0.15) is 0 Å². The fraction of sp³-hybridized carbons (Fsp3) is 0.643. The van der Waals surface area contributed by atoms with Gasteiger partial charge in [-0.2, -0.15) is 0 Å². The van der Waals surface area contributed by atoms with Gasteiger partial charge >= 0.3 is 5.97 Å². The Hall–Kier alpha value is -1.09. The maximum atomic E-state index is 11.4. The summed E-state index contributed by atoms with van der Waals surface area (Å²) < 4.78 is 4.97. The molecule has 0 aromatic heterocycles. The molecule has 0 heterocycles. The van der Waals surface area contributed by atoms with E-state index >= 15 is 0 Å². The molecule has 0 bridgehead atoms. The largest absolute Gasteiger partial charge is 0.431 e. The summed E-state index contributed by atoms with van der Waals surface area (Å²) >= 11 is 0. The average Bonchev–Trinajstić information content (AvgIpc) is 2.26. The number of rotatable bonds is 2. The summed E-state index contributed by atoms with van der Waals surface area (Å²) in [7, 11) is 6.00. The normalized spacial score (nSPS) is 14.4. The van der Waals surface area contributed by atoms with Crippen molar-refractivity contribution in [3.8, 4) is 0 Å². The minimum atomic E-state index is -0.180. The number of esters is 1. The zero-order valence-corrected chi connectivity index (χ0v) is 11.7. The highest BCUT2D eigenvalue weighted by Crippen LogP contribution is 2.18. The first kappa shape index (κ1) is 15.9. The molecular weight excluding hydrogens is 214 g/mol. The number of carbonyl (C=O) groups is 1. The third-order valence-electron chi connectivity index (χ3n) is 1.95. The van der Waals surface area contributed by atoms with Crippen LogP contribution in [0.2, 0.25) is 0 Å². The smallest absolute Gasteiger partial charge is 0.338 e. The predicted molar refractivity (Wildman–Crippen MR) is 71.7 cm³/mol. The van der Waals surface area contributed by atoms with E-state index in [9.17, 15) is 4.79 Å². The molecular formula is C14H25NO2. The number of allylic oxidation sites excluding steroid dienone is 2. The summed E-state index contributed by atoms with van der Waals surface area (Å²) in [6.07, 6.45) is 7.69. The Balaban J connectivity index is 0.000000557. The highest BCUT2D eigenvalue weighted by Gasteiger charge is 2.12. The third kappa shape index (κ3) is 9.82. The van der Waals surface area contributed by atoms with Gasteiger partial charge in [0.15, 0.2) is 0 Å². The van der Waals surface area contributed by atoms with Crippen LogP contribution >= 0.6 is 0 Å². The second-order valence-electron chi connectivity index (χ2n) is 4.92. The van der Waals surface area contributed by atoms with E-state index in [1.165, 1.54) is 12.7 Å². The van der Waals surface area contributed by atoms with Crippen molar-refractivity contribution in [2.75, 3.05) is 21.1 Å². The van der Waals surface area contributed by atoms with Crippen LogP contribution in [0.3, 0.4) is 0 Å². The quantitative estimate of drug-likeness (QED) is 0.547. The number of nitrogens with zero attached hydrogens (tertiary/aromatic N) is 1. The van der Waals surface area contributed by atoms with Gasteiger partial charge in [-0.3, -0.25) is 0 Å². The van der Waals surface area contributed by atoms with E-state index in [0.29, 0.717) is 0 Å². The van der Waals surface area contributed by atoms with E-state index in [1.807, 2.05) is 46.0 Å². The average molecular weight is 239 g/mol. The molecule has 0 saturated heterocycles. The fourth-order valence-electron chi connectivity index (χ4n) is 1.27. The zero-order valence-electron chi connectivity index (χ0n) is 11.7. The number of hydrogen-bond donors (Lipinski definition) is 0. The monoisotopic (exact) mass is 239 g/mol. The van der Waals surface area contributed by atoms with Crippen molar-refractivity contribution in [2.45, 2.75) is 39.5 Å². The van der Waals surface area contributed by atoms with Gasteiger partial charge < -0.3 is 9.64 Å². The summed E-state index contributed by atoms with van der Waals surface area (Å²) in [6.45, 7) is 3.81. The molecule has 0 radical (unpaired) electrons. The maximum absolute atomic E-state index is 11.4. The summed E-state index contributed by atoms with van der Waals surface area (Å²) in [4.78, 5) is 13.4. The van der Waals surface area contributed by atoms with Crippen LogP contribution in [-0.2, 0) is 9.53 Å². The van der Waals surface area contributed by atoms with E-state index in [-0.39, 0.29) is 5.97 Å². The Labute approximate surface area is 105 Å². The van der Waals surface area contributed by atoms with Crippen molar-refractivity contribution in [1.82, 2.24) is 4.90 Å². The molecule has 98 valence electrons. The Morgan fingerprint density at radius 3 is 2.29 bits per heavy atom. The van der Waals surface area contributed by atoms with Gasteiger partial charge in [0.2, 0.25) is 0 Å². The lowest BCUT2D eigenvalue weighted by molar-refractivity contribution is -0.133. The minimum Gasteiger partial charge on any atom is -0.431 e. The first-order chi connectivity index (χ1) is 7.93. The van der Waals surface area contributed by atoms with Gasteiger partial charge in [0.05, 0.1) is 6.26 Å². The van der Waals surface area contributed by atoms with Gasteiger partial charge in [-0.25, -0.2) is 4.79 Å². The maximum Gasteiger partial charge on any atom is 0.338 e. The molecule has 0 saturated carbocycles. The molecule has 3 heteroatoms. The van der Waals surface area contributed by atoms with Crippen molar-refractivity contribution in [1.29, 1.82) is 0 Å². The lowest BCUT2D eigenvalue weighted by atomic mass is 10.00. The van der Waals surface area contributed by atoms with Crippen molar-refractivity contribution in [3.63, 3.8) is 0 Å². The minimum absolute atomic E-state index is 0.180. The Bertz CT molecular complexity index is 284. The van der Waals surface area contributed by atoms with Crippen molar-refractivity contribution in [2.24, 2.45) is 0 Å². The van der Waals surface area contributed by atoms with Gasteiger partial charge in [0, 0.05) is 5.57 Å². The van der Waals surface area contributed by atoms with E-state index in [1.54, 1.807) is 0 Å². The highest BCUT2D eigenvalue weighted by atomic mass is 16.5. The summed E-state index contributed by atoms with van der Waals surface area (Å²) in [6, 6.07) is 0. The van der Waals surface area contributed by atoms with Crippen LogP contribution in [0.25, 0.3) is 0 Å². The highest BCUT2D eigenvalue weighted by molar-refractivity contribution is 5.88. The molecule has 0 aromatic rings. The summed E-state index contributed by atoms with van der Waals surface area (Å²) in [5, 5.41) is 0. The van der Waals surface area contributed by atoms with Crippen LogP contribution in [0.4, 0.5) is 0 Å². The molecule has 1 aliphatic carbocycles. The third-order valence-corrected chi connectivity index (χ3v) is 1.95. The number of carbonyl (C=O) groups excluding carboxylic acids is 1. The fourth-order valence-corrected chi connectivity index (χ4v) is 1.27. The molecule has 0 N–H and O–H groups in total. The second-order valence-corrected chi connectivity index (χ2v) is 4.92. The lowest BCUT2D eigenvalue weighted by Crippen LogP contribution is -2.07. The molecule has 0 amide bonds. The predicted octanol–water partition coefficient (Wildman–Crippen LogP) is 3.13. The van der Waals surface area contributed by atoms with Crippen LogP contribution in [0.1, 0.15) is 39.5 Å². The van der Waals surface area contributed by atoms with Crippen LogP contribution < -0.4 is 0 Å². The molecule has 1 aliphatic rings. The molecule has 0 atom stereocenters. The Kier molecular flexibility index (Phi) is 8.42. The summed E-state index contributed by atoms with van der Waals surface area (Å²) in [5.74, 6) is -0.180. The topological polar surface area (TPSA) is 29.5 Å². The molecule has 0 spiro atoms. The first-order valence-corrected chi connectivity index (χ1v) is 6.07. The van der Waals surface area contributed by atoms with Crippen molar-refractivity contribution in [3.05, 3.63) is 23.5 Å². The van der Waals surface area contributed by atoms with Crippen LogP contribution in [0.5, 0.6) is 0 Å². The van der Waals surface area contributed by atoms with Gasteiger partial charge in [0.25, 0.3) is 0 Å². The molecule has 0 unspecified atom stereocenters. The Morgan fingerprint density at radius 2 is 1.88 bits per heavy atom. The first-order valence-electron chi connectivity index (χ1n) is 6.07. The van der Waals surface area contributed by atoms with Crippen LogP contribution in [0, 0.1) is 0 Å². The van der Waals surface area contributed by atoms with Gasteiger partial charge in [-0.05, 0) is 66.2 Å². The SMILES string of the molecule is CC(C)=COC(=O)C1=CCCCC1.CN(C)C. The van der Waals surface area contributed by atoms with E-state index in [2.05, 4.69) is 0 Å². The number of ether oxygens (including phenoxy) is 1.